The smallest absolute Gasteiger partial charge is 0.287 e. The van der Waals surface area contributed by atoms with Crippen molar-refractivity contribution in [2.45, 2.75) is 6.42 Å². The van der Waals surface area contributed by atoms with E-state index in [9.17, 15) is 4.79 Å². The fourth-order valence-corrected chi connectivity index (χ4v) is 4.21. The largest absolute Gasteiger partial charge is 0.369 e. The second kappa shape index (κ2) is 11.3. The van der Waals surface area contributed by atoms with Gasteiger partial charge in [-0.2, -0.15) is 0 Å². The number of carbonyl (C=O) groups excluding carboxylic acids is 1. The van der Waals surface area contributed by atoms with Crippen molar-refractivity contribution in [3.8, 4) is 11.8 Å². The molecular weight excluding hydrogens is 488 g/mol. The van der Waals surface area contributed by atoms with Gasteiger partial charge in [0.2, 0.25) is 5.95 Å². The standard InChI is InChI=1S/C27H27ClN8O/c1-35-13-15-36(16-14-35)21-10-8-20(9-11-21)32-27-30-17-19(18-31-27)5-2-3-12-29-26(37)25-33-23-7-4-6-22(28)24(23)34-25/h4,6-11,17-18H,3,12-16H2,1H3,(H,29,37)(H,33,34)(H,30,31,32). The highest BCUT2D eigenvalue weighted by Crippen LogP contribution is 2.22. The molecule has 0 radical (unpaired) electrons. The molecule has 2 aromatic heterocycles. The number of amides is 1. The molecule has 5 rings (SSSR count). The number of para-hydroxylation sites is 1. The van der Waals surface area contributed by atoms with Crippen LogP contribution in [0.5, 0.6) is 0 Å². The molecule has 0 aliphatic carbocycles. The number of benzene rings is 2. The predicted molar refractivity (Wildman–Crippen MR) is 146 cm³/mol. The van der Waals surface area contributed by atoms with E-state index in [4.69, 9.17) is 11.6 Å². The number of anilines is 3. The third kappa shape index (κ3) is 6.17. The van der Waals surface area contributed by atoms with Gasteiger partial charge in [0.05, 0.1) is 16.1 Å². The van der Waals surface area contributed by atoms with Gasteiger partial charge >= 0.3 is 0 Å². The summed E-state index contributed by atoms with van der Waals surface area (Å²) in [6, 6.07) is 13.7. The number of halogens is 1. The van der Waals surface area contributed by atoms with Crippen LogP contribution in [0.1, 0.15) is 22.6 Å². The third-order valence-electron chi connectivity index (χ3n) is 6.09. The van der Waals surface area contributed by atoms with E-state index in [0.717, 1.165) is 37.4 Å². The molecule has 37 heavy (non-hydrogen) atoms. The van der Waals surface area contributed by atoms with Gasteiger partial charge in [0.25, 0.3) is 5.91 Å². The van der Waals surface area contributed by atoms with Gasteiger partial charge in [-0.1, -0.05) is 29.5 Å². The molecule has 0 bridgehead atoms. The van der Waals surface area contributed by atoms with Crippen LogP contribution in [-0.2, 0) is 0 Å². The molecule has 0 spiro atoms. The molecule has 1 fully saturated rings. The van der Waals surface area contributed by atoms with Crippen molar-refractivity contribution >= 4 is 45.9 Å². The van der Waals surface area contributed by atoms with Gasteiger partial charge in [-0.15, -0.1) is 0 Å². The number of rotatable bonds is 6. The summed E-state index contributed by atoms with van der Waals surface area (Å²) >= 11 is 6.12. The number of aromatic amines is 1. The van der Waals surface area contributed by atoms with Crippen molar-refractivity contribution in [2.24, 2.45) is 0 Å². The van der Waals surface area contributed by atoms with E-state index in [2.05, 4.69) is 71.4 Å². The molecule has 4 aromatic rings. The summed E-state index contributed by atoms with van der Waals surface area (Å²) in [7, 11) is 2.16. The summed E-state index contributed by atoms with van der Waals surface area (Å²) < 4.78 is 0. The first-order chi connectivity index (χ1) is 18.0. The third-order valence-corrected chi connectivity index (χ3v) is 6.40. The molecule has 1 amide bonds. The fourth-order valence-electron chi connectivity index (χ4n) is 4.00. The first kappa shape index (κ1) is 24.6. The van der Waals surface area contributed by atoms with Gasteiger partial charge < -0.3 is 25.4 Å². The van der Waals surface area contributed by atoms with Crippen molar-refractivity contribution in [3.63, 3.8) is 0 Å². The highest BCUT2D eigenvalue weighted by atomic mass is 35.5. The van der Waals surface area contributed by atoms with Crippen LogP contribution in [0, 0.1) is 11.8 Å². The highest BCUT2D eigenvalue weighted by Gasteiger charge is 2.14. The number of nitrogens with zero attached hydrogens (tertiary/aromatic N) is 5. The van der Waals surface area contributed by atoms with Crippen LogP contribution >= 0.6 is 11.6 Å². The van der Waals surface area contributed by atoms with Crippen LogP contribution in [0.25, 0.3) is 11.0 Å². The summed E-state index contributed by atoms with van der Waals surface area (Å²) in [6.45, 7) is 4.63. The predicted octanol–water partition coefficient (Wildman–Crippen LogP) is 3.67. The molecule has 10 heteroatoms. The summed E-state index contributed by atoms with van der Waals surface area (Å²) in [6.07, 6.45) is 3.84. The summed E-state index contributed by atoms with van der Waals surface area (Å²) in [5.74, 6) is 6.48. The Morgan fingerprint density at radius 2 is 1.84 bits per heavy atom. The molecule has 0 unspecified atom stereocenters. The van der Waals surface area contributed by atoms with E-state index in [-0.39, 0.29) is 11.7 Å². The topological polar surface area (TPSA) is 102 Å². The maximum absolute atomic E-state index is 12.3. The Labute approximate surface area is 220 Å². The number of carbonyl (C=O) groups is 1. The van der Waals surface area contributed by atoms with Crippen molar-refractivity contribution in [2.75, 3.05) is 50.0 Å². The Morgan fingerprint density at radius 1 is 1.08 bits per heavy atom. The molecule has 3 heterocycles. The molecule has 0 saturated carbocycles. The van der Waals surface area contributed by atoms with Crippen molar-refractivity contribution in [1.29, 1.82) is 0 Å². The highest BCUT2D eigenvalue weighted by molar-refractivity contribution is 6.35. The maximum Gasteiger partial charge on any atom is 0.287 e. The van der Waals surface area contributed by atoms with Crippen LogP contribution < -0.4 is 15.5 Å². The van der Waals surface area contributed by atoms with E-state index < -0.39 is 0 Å². The number of fused-ring (bicyclic) bond motifs is 1. The lowest BCUT2D eigenvalue weighted by Gasteiger charge is -2.34. The summed E-state index contributed by atoms with van der Waals surface area (Å²) in [5, 5.41) is 6.53. The van der Waals surface area contributed by atoms with Crippen LogP contribution in [0.4, 0.5) is 17.3 Å². The lowest BCUT2D eigenvalue weighted by atomic mass is 10.2. The van der Waals surface area contributed by atoms with E-state index >= 15 is 0 Å². The Kier molecular flexibility index (Phi) is 7.49. The quantitative estimate of drug-likeness (QED) is 0.266. The van der Waals surface area contributed by atoms with E-state index in [0.29, 0.717) is 35.0 Å². The number of hydrogen-bond donors (Lipinski definition) is 3. The second-order valence-corrected chi connectivity index (χ2v) is 9.19. The minimum absolute atomic E-state index is 0.224. The number of imidazole rings is 1. The molecule has 1 aliphatic heterocycles. The van der Waals surface area contributed by atoms with Gasteiger partial charge in [0.1, 0.15) is 5.52 Å². The summed E-state index contributed by atoms with van der Waals surface area (Å²) in [4.78, 5) is 33.0. The summed E-state index contributed by atoms with van der Waals surface area (Å²) in [5.41, 5.74) is 4.16. The molecule has 1 saturated heterocycles. The van der Waals surface area contributed by atoms with Gasteiger partial charge in [0.15, 0.2) is 5.82 Å². The van der Waals surface area contributed by atoms with Crippen molar-refractivity contribution < 1.29 is 4.79 Å². The maximum atomic E-state index is 12.3. The van der Waals surface area contributed by atoms with Crippen LogP contribution in [0.2, 0.25) is 5.02 Å². The normalized spacial score (nSPS) is 13.7. The Hall–Kier alpha value is -4.13. The Bertz CT molecular complexity index is 1430. The number of hydrogen-bond acceptors (Lipinski definition) is 7. The molecule has 9 nitrogen and oxygen atoms in total. The molecule has 0 atom stereocenters. The monoisotopic (exact) mass is 514 g/mol. The van der Waals surface area contributed by atoms with Crippen LogP contribution in [-0.4, -0.2) is 70.5 Å². The SMILES string of the molecule is CN1CCN(c2ccc(Nc3ncc(C#CCCNC(=O)c4nc5c(Cl)cccc5[nH]4)cn3)cc2)CC1. The first-order valence-electron chi connectivity index (χ1n) is 12.1. The molecule has 3 N–H and O–H groups in total. The lowest BCUT2D eigenvalue weighted by Crippen LogP contribution is -2.44. The van der Waals surface area contributed by atoms with E-state index in [1.54, 1.807) is 24.5 Å². The number of likely N-dealkylation sites (N-methyl/N-ethyl adjacent to an activating group) is 1. The van der Waals surface area contributed by atoms with Crippen LogP contribution in [0.3, 0.4) is 0 Å². The molecule has 2 aromatic carbocycles. The average molecular weight is 515 g/mol. The first-order valence-corrected chi connectivity index (χ1v) is 12.5. The lowest BCUT2D eigenvalue weighted by molar-refractivity contribution is 0.0945. The minimum Gasteiger partial charge on any atom is -0.369 e. The molecule has 1 aliphatic rings. The van der Waals surface area contributed by atoms with E-state index in [1.807, 2.05) is 18.2 Å². The Balaban J connectivity index is 1.08. The van der Waals surface area contributed by atoms with Gasteiger partial charge in [-0.25, -0.2) is 15.0 Å². The average Bonchev–Trinajstić information content (AvgIpc) is 3.36. The van der Waals surface area contributed by atoms with Crippen molar-refractivity contribution in [3.05, 3.63) is 71.3 Å². The van der Waals surface area contributed by atoms with Crippen LogP contribution in [0.15, 0.2) is 54.9 Å². The molecule has 188 valence electrons. The zero-order chi connectivity index (χ0) is 25.6. The number of aromatic nitrogens is 4. The van der Waals surface area contributed by atoms with Gasteiger partial charge in [0, 0.05) is 62.9 Å². The van der Waals surface area contributed by atoms with Gasteiger partial charge in [-0.05, 0) is 43.4 Å². The zero-order valence-electron chi connectivity index (χ0n) is 20.5. The molecular formula is C27H27ClN8O. The number of nitrogens with one attached hydrogen (secondary N) is 3. The van der Waals surface area contributed by atoms with E-state index in [1.165, 1.54) is 5.69 Å². The van der Waals surface area contributed by atoms with Gasteiger partial charge in [-0.3, -0.25) is 4.79 Å². The minimum atomic E-state index is -0.301. The van der Waals surface area contributed by atoms with Crippen molar-refractivity contribution in [1.82, 2.24) is 30.2 Å². The number of H-pyrrole nitrogens is 1. The second-order valence-electron chi connectivity index (χ2n) is 8.79. The zero-order valence-corrected chi connectivity index (χ0v) is 21.2. The fraction of sp³-hybridized carbons (Fsp3) is 0.259. The Morgan fingerprint density at radius 3 is 2.57 bits per heavy atom. The number of piperazine rings is 1.